The molecular weight excluding hydrogens is 250 g/mol. The molecule has 0 aliphatic carbocycles. The molecule has 0 aliphatic rings. The molecule has 0 aliphatic heterocycles. The third-order valence-electron chi connectivity index (χ3n) is 2.82. The minimum absolute atomic E-state index is 0.0312. The monoisotopic (exact) mass is 271 g/mol. The second-order valence-electron chi connectivity index (χ2n) is 4.62. The quantitative estimate of drug-likeness (QED) is 0.479. The molecule has 0 saturated carbocycles. The van der Waals surface area contributed by atoms with Gasteiger partial charge in [-0.1, -0.05) is 6.92 Å². The molecule has 19 heavy (non-hydrogen) atoms. The van der Waals surface area contributed by atoms with Gasteiger partial charge >= 0.3 is 5.97 Å². The molecule has 0 aromatic carbocycles. The Bertz CT molecular complexity index is 394. The zero-order chi connectivity index (χ0) is 14.3. The van der Waals surface area contributed by atoms with Gasteiger partial charge in [0.2, 0.25) is 0 Å². The van der Waals surface area contributed by atoms with Crippen molar-refractivity contribution in [2.24, 2.45) is 5.92 Å². The summed E-state index contributed by atoms with van der Waals surface area (Å²) in [5.41, 5.74) is 0.719. The maximum atomic E-state index is 11.1. The molecule has 1 heterocycles. The molecule has 0 bridgehead atoms. The largest absolute Gasteiger partial charge is 0.480 e. The van der Waals surface area contributed by atoms with Crippen LogP contribution in [-0.2, 0) is 17.9 Å². The van der Waals surface area contributed by atoms with Crippen LogP contribution in [-0.4, -0.2) is 50.1 Å². The highest BCUT2D eigenvalue weighted by molar-refractivity contribution is 5.73. The second kappa shape index (κ2) is 7.88. The fourth-order valence-electron chi connectivity index (χ4n) is 1.71. The van der Waals surface area contributed by atoms with Crippen molar-refractivity contribution in [1.29, 1.82) is 0 Å². The number of nitrogens with one attached hydrogen (secondary N) is 1. The number of aliphatic hydroxyl groups excluding tert-OH is 2. The van der Waals surface area contributed by atoms with Crippen LogP contribution in [0.4, 0.5) is 0 Å². The van der Waals surface area contributed by atoms with Crippen molar-refractivity contribution in [3.05, 3.63) is 18.2 Å². The van der Waals surface area contributed by atoms with Gasteiger partial charge in [-0.25, -0.2) is 4.98 Å². The van der Waals surface area contributed by atoms with Gasteiger partial charge in [0.05, 0.1) is 18.6 Å². The average Bonchev–Trinajstić information content (AvgIpc) is 2.82. The number of aliphatic hydroxyl groups is 2. The number of carbonyl (C=O) groups is 1. The van der Waals surface area contributed by atoms with Crippen molar-refractivity contribution in [2.45, 2.75) is 32.5 Å². The van der Waals surface area contributed by atoms with Crippen molar-refractivity contribution in [2.75, 3.05) is 13.2 Å². The van der Waals surface area contributed by atoms with Crippen molar-refractivity contribution in [3.8, 4) is 0 Å². The minimum atomic E-state index is -0.935. The molecule has 4 N–H and O–H groups in total. The van der Waals surface area contributed by atoms with Crippen molar-refractivity contribution in [1.82, 2.24) is 14.9 Å². The van der Waals surface area contributed by atoms with E-state index >= 15 is 0 Å². The molecule has 0 radical (unpaired) electrons. The number of imidazole rings is 1. The highest BCUT2D eigenvalue weighted by Gasteiger charge is 2.19. The van der Waals surface area contributed by atoms with Crippen LogP contribution in [0.3, 0.4) is 0 Å². The number of aliphatic carboxylic acids is 1. The number of carboxylic acids is 1. The zero-order valence-corrected chi connectivity index (χ0v) is 11.0. The maximum Gasteiger partial charge on any atom is 0.320 e. The summed E-state index contributed by atoms with van der Waals surface area (Å²) in [4.78, 5) is 15.2. The van der Waals surface area contributed by atoms with Crippen LogP contribution in [0.2, 0.25) is 0 Å². The topological polar surface area (TPSA) is 108 Å². The number of aromatic nitrogens is 2. The standard InChI is InChI=1S/C12H21N3O4/c1-9(7-17)4-11(12(18)19)13-5-10-6-15(2-3-16)8-14-10/h6,8-9,11,13,16-17H,2-5,7H2,1H3,(H,18,19). The Hall–Kier alpha value is -1.44. The Morgan fingerprint density at radius 1 is 1.53 bits per heavy atom. The van der Waals surface area contributed by atoms with Gasteiger partial charge in [-0.05, 0) is 12.3 Å². The molecule has 7 nitrogen and oxygen atoms in total. The first-order valence-electron chi connectivity index (χ1n) is 6.25. The third-order valence-corrected chi connectivity index (χ3v) is 2.82. The van der Waals surface area contributed by atoms with Gasteiger partial charge in [0, 0.05) is 25.9 Å². The van der Waals surface area contributed by atoms with Gasteiger partial charge in [0.15, 0.2) is 0 Å². The molecule has 0 fully saturated rings. The molecule has 0 saturated heterocycles. The van der Waals surface area contributed by atoms with E-state index in [2.05, 4.69) is 10.3 Å². The lowest BCUT2D eigenvalue weighted by Crippen LogP contribution is -2.38. The summed E-state index contributed by atoms with van der Waals surface area (Å²) in [6, 6.07) is -0.704. The van der Waals surface area contributed by atoms with Crippen LogP contribution < -0.4 is 5.32 Å². The third kappa shape index (κ3) is 5.37. The van der Waals surface area contributed by atoms with Crippen LogP contribution >= 0.6 is 0 Å². The van der Waals surface area contributed by atoms with E-state index in [1.807, 2.05) is 0 Å². The van der Waals surface area contributed by atoms with Gasteiger partial charge in [0.25, 0.3) is 0 Å². The summed E-state index contributed by atoms with van der Waals surface area (Å²) in [5, 5.41) is 29.7. The number of nitrogens with zero attached hydrogens (tertiary/aromatic N) is 2. The number of hydrogen-bond acceptors (Lipinski definition) is 5. The van der Waals surface area contributed by atoms with Crippen molar-refractivity contribution in [3.63, 3.8) is 0 Å². The fourth-order valence-corrected chi connectivity index (χ4v) is 1.71. The molecule has 2 atom stereocenters. The van der Waals surface area contributed by atoms with Crippen LogP contribution in [0.1, 0.15) is 19.0 Å². The lowest BCUT2D eigenvalue weighted by molar-refractivity contribution is -0.140. The Balaban J connectivity index is 2.48. The van der Waals surface area contributed by atoms with E-state index in [0.29, 0.717) is 19.5 Å². The first kappa shape index (κ1) is 15.6. The fraction of sp³-hybridized carbons (Fsp3) is 0.667. The smallest absolute Gasteiger partial charge is 0.320 e. The molecule has 2 unspecified atom stereocenters. The van der Waals surface area contributed by atoms with E-state index in [9.17, 15) is 4.79 Å². The Morgan fingerprint density at radius 3 is 2.84 bits per heavy atom. The first-order chi connectivity index (χ1) is 9.06. The highest BCUT2D eigenvalue weighted by atomic mass is 16.4. The van der Waals surface area contributed by atoms with E-state index in [1.165, 1.54) is 0 Å². The zero-order valence-electron chi connectivity index (χ0n) is 11.0. The van der Waals surface area contributed by atoms with E-state index < -0.39 is 12.0 Å². The Morgan fingerprint density at radius 2 is 2.26 bits per heavy atom. The summed E-state index contributed by atoms with van der Waals surface area (Å²) < 4.78 is 1.74. The van der Waals surface area contributed by atoms with Gasteiger partial charge in [-0.15, -0.1) is 0 Å². The first-order valence-corrected chi connectivity index (χ1v) is 6.25. The summed E-state index contributed by atoms with van der Waals surface area (Å²) in [5.74, 6) is -1.00. The SMILES string of the molecule is CC(CO)CC(NCc1cn(CCO)cn1)C(=O)O. The molecule has 0 spiro atoms. The maximum absolute atomic E-state index is 11.1. The second-order valence-corrected chi connectivity index (χ2v) is 4.62. The van der Waals surface area contributed by atoms with E-state index in [1.54, 1.807) is 24.0 Å². The van der Waals surface area contributed by atoms with Gasteiger partial charge in [-0.3, -0.25) is 10.1 Å². The highest BCUT2D eigenvalue weighted by Crippen LogP contribution is 2.06. The molecule has 1 rings (SSSR count). The molecular formula is C12H21N3O4. The Kier molecular flexibility index (Phi) is 6.48. The van der Waals surface area contributed by atoms with Crippen LogP contribution in [0.15, 0.2) is 12.5 Å². The normalized spacial score (nSPS) is 14.3. The summed E-state index contributed by atoms with van der Waals surface area (Å²) in [6.07, 6.45) is 3.72. The van der Waals surface area contributed by atoms with Crippen LogP contribution in [0.25, 0.3) is 0 Å². The lowest BCUT2D eigenvalue weighted by atomic mass is 10.0. The van der Waals surface area contributed by atoms with Gasteiger partial charge < -0.3 is 19.9 Å². The summed E-state index contributed by atoms with van der Waals surface area (Å²) >= 11 is 0. The molecule has 1 aromatic heterocycles. The van der Waals surface area contributed by atoms with E-state index in [0.717, 1.165) is 5.69 Å². The van der Waals surface area contributed by atoms with E-state index in [-0.39, 0.29) is 19.1 Å². The van der Waals surface area contributed by atoms with Crippen molar-refractivity contribution < 1.29 is 20.1 Å². The number of hydrogen-bond donors (Lipinski definition) is 4. The summed E-state index contributed by atoms with van der Waals surface area (Å²) in [7, 11) is 0. The molecule has 0 amide bonds. The average molecular weight is 271 g/mol. The van der Waals surface area contributed by atoms with Crippen LogP contribution in [0, 0.1) is 5.92 Å². The minimum Gasteiger partial charge on any atom is -0.480 e. The predicted molar refractivity (Wildman–Crippen MR) is 68.4 cm³/mol. The molecule has 108 valence electrons. The van der Waals surface area contributed by atoms with Gasteiger partial charge in [-0.2, -0.15) is 0 Å². The summed E-state index contributed by atoms with van der Waals surface area (Å²) in [6.45, 7) is 2.61. The molecule has 1 aromatic rings. The number of rotatable bonds is 9. The van der Waals surface area contributed by atoms with E-state index in [4.69, 9.17) is 15.3 Å². The number of carboxylic acid groups (broad SMARTS) is 1. The lowest BCUT2D eigenvalue weighted by Gasteiger charge is -2.16. The molecule has 7 heteroatoms. The predicted octanol–water partition coefficient (Wildman–Crippen LogP) is -0.563. The van der Waals surface area contributed by atoms with Crippen LogP contribution in [0.5, 0.6) is 0 Å². The Labute approximate surface area is 111 Å². The van der Waals surface area contributed by atoms with Gasteiger partial charge in [0.1, 0.15) is 6.04 Å². The van der Waals surface area contributed by atoms with Crippen molar-refractivity contribution >= 4 is 5.97 Å².